The second-order valence-electron chi connectivity index (χ2n) is 4.62. The minimum atomic E-state index is -1.01. The summed E-state index contributed by atoms with van der Waals surface area (Å²) in [7, 11) is 1.52. The van der Waals surface area contributed by atoms with E-state index in [4.69, 9.17) is 9.84 Å². The number of aromatic nitrogens is 1. The van der Waals surface area contributed by atoms with Gasteiger partial charge in [0.25, 0.3) is 0 Å². The fraction of sp³-hybridized carbons (Fsp3) is 0.583. The molecule has 2 heterocycles. The highest BCUT2D eigenvalue weighted by atomic mass is 32.1. The molecule has 8 heteroatoms. The van der Waals surface area contributed by atoms with Gasteiger partial charge in [-0.1, -0.05) is 0 Å². The fourth-order valence-corrected chi connectivity index (χ4v) is 2.89. The zero-order valence-electron chi connectivity index (χ0n) is 11.3. The Labute approximate surface area is 120 Å². The second-order valence-corrected chi connectivity index (χ2v) is 5.94. The van der Waals surface area contributed by atoms with Crippen LogP contribution in [0.1, 0.15) is 16.3 Å². The Morgan fingerprint density at radius 1 is 1.65 bits per heavy atom. The molecule has 2 atom stereocenters. The zero-order valence-corrected chi connectivity index (χ0v) is 12.1. The minimum absolute atomic E-state index is 0.232. The molecule has 0 bridgehead atoms. The molecule has 1 saturated heterocycles. The van der Waals surface area contributed by atoms with E-state index in [0.29, 0.717) is 13.0 Å². The Balaban J connectivity index is 1.95. The van der Waals surface area contributed by atoms with Gasteiger partial charge in [0.05, 0.1) is 12.6 Å². The van der Waals surface area contributed by atoms with Crippen molar-refractivity contribution in [1.29, 1.82) is 0 Å². The molecule has 0 aromatic carbocycles. The minimum Gasteiger partial charge on any atom is -0.480 e. The monoisotopic (exact) mass is 299 g/mol. The molecular weight excluding hydrogens is 282 g/mol. The molecule has 0 radical (unpaired) electrons. The van der Waals surface area contributed by atoms with Crippen LogP contribution in [0.2, 0.25) is 0 Å². The number of carboxylic acid groups (broad SMARTS) is 1. The van der Waals surface area contributed by atoms with Crippen molar-refractivity contribution in [3.8, 4) is 0 Å². The number of aliphatic carboxylic acids is 1. The number of carbonyl (C=O) groups excluding carboxylic acids is 1. The number of likely N-dealkylation sites (tertiary alicyclic amines) is 1. The predicted octanol–water partition coefficient (Wildman–Crippen LogP) is 0.835. The van der Waals surface area contributed by atoms with Crippen molar-refractivity contribution >= 4 is 23.3 Å². The molecule has 1 aromatic heterocycles. The van der Waals surface area contributed by atoms with Gasteiger partial charge in [-0.2, -0.15) is 0 Å². The van der Waals surface area contributed by atoms with Gasteiger partial charge in [0, 0.05) is 31.1 Å². The van der Waals surface area contributed by atoms with E-state index in [2.05, 4.69) is 10.3 Å². The number of nitrogens with one attached hydrogen (secondary N) is 1. The summed E-state index contributed by atoms with van der Waals surface area (Å²) in [5, 5.41) is 12.6. The van der Waals surface area contributed by atoms with Crippen molar-refractivity contribution < 1.29 is 19.4 Å². The molecule has 2 N–H and O–H groups in total. The van der Waals surface area contributed by atoms with E-state index in [1.54, 1.807) is 6.20 Å². The molecule has 20 heavy (non-hydrogen) atoms. The number of aryl methyl sites for hydroxylation is 1. The highest BCUT2D eigenvalue weighted by Crippen LogP contribution is 2.20. The third-order valence-electron chi connectivity index (χ3n) is 3.20. The van der Waals surface area contributed by atoms with Gasteiger partial charge in [0.15, 0.2) is 0 Å². The van der Waals surface area contributed by atoms with Crippen LogP contribution in [0, 0.1) is 6.92 Å². The molecule has 0 spiro atoms. The summed E-state index contributed by atoms with van der Waals surface area (Å²) in [6.07, 6.45) is 1.82. The van der Waals surface area contributed by atoms with Crippen LogP contribution in [-0.2, 0) is 16.1 Å². The Morgan fingerprint density at radius 3 is 2.95 bits per heavy atom. The van der Waals surface area contributed by atoms with Gasteiger partial charge in [-0.15, -0.1) is 11.3 Å². The Bertz CT molecular complexity index is 505. The third kappa shape index (κ3) is 3.26. The highest BCUT2D eigenvalue weighted by molar-refractivity contribution is 7.11. The summed E-state index contributed by atoms with van der Waals surface area (Å²) in [5.41, 5.74) is 0. The summed E-state index contributed by atoms with van der Waals surface area (Å²) in [6.45, 7) is 2.53. The van der Waals surface area contributed by atoms with E-state index in [-0.39, 0.29) is 12.6 Å². The standard InChI is InChI=1S/C12H17N3O4S/c1-7-4-13-10(20-7)5-14-12(18)15-6-8(19-2)3-9(15)11(16)17/h4,8-9H,3,5-6H2,1-2H3,(H,14,18)(H,16,17). The summed E-state index contributed by atoms with van der Waals surface area (Å²) < 4.78 is 5.14. The van der Waals surface area contributed by atoms with Crippen LogP contribution in [0.5, 0.6) is 0 Å². The van der Waals surface area contributed by atoms with Crippen molar-refractivity contribution in [2.24, 2.45) is 0 Å². The number of nitrogens with zero attached hydrogens (tertiary/aromatic N) is 2. The van der Waals surface area contributed by atoms with Crippen molar-refractivity contribution in [1.82, 2.24) is 15.2 Å². The Hall–Kier alpha value is -1.67. The van der Waals surface area contributed by atoms with E-state index in [9.17, 15) is 9.59 Å². The largest absolute Gasteiger partial charge is 0.480 e. The first-order chi connectivity index (χ1) is 9.51. The lowest BCUT2D eigenvalue weighted by atomic mass is 10.2. The fourth-order valence-electron chi connectivity index (χ4n) is 2.16. The lowest BCUT2D eigenvalue weighted by Crippen LogP contribution is -2.45. The van der Waals surface area contributed by atoms with Gasteiger partial charge >= 0.3 is 12.0 Å². The van der Waals surface area contributed by atoms with E-state index in [1.165, 1.54) is 23.3 Å². The number of ether oxygens (including phenoxy) is 1. The first-order valence-electron chi connectivity index (χ1n) is 6.22. The van der Waals surface area contributed by atoms with E-state index < -0.39 is 18.0 Å². The van der Waals surface area contributed by atoms with Crippen molar-refractivity contribution in [2.45, 2.75) is 32.0 Å². The van der Waals surface area contributed by atoms with E-state index >= 15 is 0 Å². The normalized spacial score (nSPS) is 22.0. The van der Waals surface area contributed by atoms with Crippen LogP contribution in [0.3, 0.4) is 0 Å². The number of rotatable bonds is 4. The second kappa shape index (κ2) is 6.19. The number of carboxylic acids is 1. The molecule has 1 aliphatic heterocycles. The van der Waals surface area contributed by atoms with Crippen molar-refractivity contribution in [2.75, 3.05) is 13.7 Å². The molecular formula is C12H17N3O4S. The molecule has 2 amide bonds. The maximum absolute atomic E-state index is 12.1. The SMILES string of the molecule is COC1CC(C(=O)O)N(C(=O)NCc2ncc(C)s2)C1. The lowest BCUT2D eigenvalue weighted by Gasteiger charge is -2.21. The smallest absolute Gasteiger partial charge is 0.326 e. The maximum Gasteiger partial charge on any atom is 0.326 e. The number of carbonyl (C=O) groups is 2. The molecule has 1 aliphatic rings. The summed E-state index contributed by atoms with van der Waals surface area (Å²) >= 11 is 1.50. The van der Waals surface area contributed by atoms with Crippen LogP contribution in [0.4, 0.5) is 4.79 Å². The number of hydrogen-bond donors (Lipinski definition) is 2. The van der Waals surface area contributed by atoms with Gasteiger partial charge in [-0.3, -0.25) is 0 Å². The topological polar surface area (TPSA) is 91.8 Å². The number of urea groups is 1. The van der Waals surface area contributed by atoms with Crippen molar-refractivity contribution in [3.05, 3.63) is 16.1 Å². The van der Waals surface area contributed by atoms with E-state index in [1.807, 2.05) is 6.92 Å². The van der Waals surface area contributed by atoms with Crippen LogP contribution in [-0.4, -0.2) is 52.8 Å². The molecule has 1 aromatic rings. The van der Waals surface area contributed by atoms with Gasteiger partial charge in [0.1, 0.15) is 11.0 Å². The van der Waals surface area contributed by atoms with Gasteiger partial charge in [-0.05, 0) is 6.92 Å². The molecule has 7 nitrogen and oxygen atoms in total. The summed E-state index contributed by atoms with van der Waals surface area (Å²) in [5.74, 6) is -1.01. The number of thiazole rings is 1. The first-order valence-corrected chi connectivity index (χ1v) is 7.04. The van der Waals surface area contributed by atoms with Crippen LogP contribution in [0.25, 0.3) is 0 Å². The molecule has 0 saturated carbocycles. The summed E-state index contributed by atoms with van der Waals surface area (Å²) in [4.78, 5) is 29.8. The zero-order chi connectivity index (χ0) is 14.7. The number of methoxy groups -OCH3 is 1. The summed E-state index contributed by atoms with van der Waals surface area (Å²) in [6, 6.07) is -1.23. The average Bonchev–Trinajstić information content (AvgIpc) is 3.02. The quantitative estimate of drug-likeness (QED) is 0.859. The molecule has 1 fully saturated rings. The average molecular weight is 299 g/mol. The van der Waals surface area contributed by atoms with Crippen LogP contribution >= 0.6 is 11.3 Å². The third-order valence-corrected chi connectivity index (χ3v) is 4.11. The Morgan fingerprint density at radius 2 is 2.40 bits per heavy atom. The van der Waals surface area contributed by atoms with Gasteiger partial charge in [-0.25, -0.2) is 14.6 Å². The van der Waals surface area contributed by atoms with Gasteiger partial charge in [0.2, 0.25) is 0 Å². The van der Waals surface area contributed by atoms with Gasteiger partial charge < -0.3 is 20.1 Å². The lowest BCUT2D eigenvalue weighted by molar-refractivity contribution is -0.141. The molecule has 2 unspecified atom stereocenters. The number of amides is 2. The maximum atomic E-state index is 12.1. The van der Waals surface area contributed by atoms with Crippen molar-refractivity contribution in [3.63, 3.8) is 0 Å². The van der Waals surface area contributed by atoms with Crippen LogP contribution < -0.4 is 5.32 Å². The first kappa shape index (κ1) is 14.7. The predicted molar refractivity (Wildman–Crippen MR) is 72.6 cm³/mol. The molecule has 2 rings (SSSR count). The molecule has 110 valence electrons. The Kier molecular flexibility index (Phi) is 4.56. The van der Waals surface area contributed by atoms with Crippen LogP contribution in [0.15, 0.2) is 6.20 Å². The number of hydrogen-bond acceptors (Lipinski definition) is 5. The van der Waals surface area contributed by atoms with E-state index in [0.717, 1.165) is 9.88 Å². The molecule has 0 aliphatic carbocycles. The highest BCUT2D eigenvalue weighted by Gasteiger charge is 2.39.